The first-order chi connectivity index (χ1) is 11.9. The van der Waals surface area contributed by atoms with Crippen LogP contribution in [-0.4, -0.2) is 41.3 Å². The van der Waals surface area contributed by atoms with Crippen LogP contribution in [0.5, 0.6) is 0 Å². The maximum Gasteiger partial charge on any atom is 0.330 e. The minimum Gasteiger partial charge on any atom is -0.410 e. The molecule has 2 N–H and O–H groups in total. The van der Waals surface area contributed by atoms with Crippen LogP contribution in [0.15, 0.2) is 15.8 Å². The van der Waals surface area contributed by atoms with Crippen molar-refractivity contribution in [3.05, 3.63) is 32.6 Å². The lowest BCUT2D eigenvalue weighted by Gasteiger charge is -2.41. The van der Waals surface area contributed by atoms with Gasteiger partial charge in [-0.05, 0) is 25.1 Å². The maximum atomic E-state index is 12.2. The van der Waals surface area contributed by atoms with E-state index in [0.717, 1.165) is 0 Å². The molecule has 1 unspecified atom stereocenters. The van der Waals surface area contributed by atoms with Gasteiger partial charge >= 0.3 is 5.69 Å². The van der Waals surface area contributed by atoms with Gasteiger partial charge in [-0.3, -0.25) is 14.3 Å². The predicted molar refractivity (Wildman–Crippen MR) is 102 cm³/mol. The Kier molecular flexibility index (Phi) is 5.41. The highest BCUT2D eigenvalue weighted by Crippen LogP contribution is 2.44. The van der Waals surface area contributed by atoms with Gasteiger partial charge < -0.3 is 14.3 Å². The Bertz CT molecular complexity index is 830. The largest absolute Gasteiger partial charge is 0.410 e. The number of hydrogen-bond acceptors (Lipinski definition) is 5. The average molecular weight is 381 g/mol. The first kappa shape index (κ1) is 20.6. The zero-order chi connectivity index (χ0) is 19.9. The van der Waals surface area contributed by atoms with Crippen LogP contribution in [0.3, 0.4) is 0 Å². The highest BCUT2D eigenvalue weighted by atomic mass is 28.4. The van der Waals surface area contributed by atoms with Gasteiger partial charge in [-0.25, -0.2) is 4.79 Å². The summed E-state index contributed by atoms with van der Waals surface area (Å²) in [5, 5.41) is 9.89. The van der Waals surface area contributed by atoms with Crippen LogP contribution >= 0.6 is 0 Å². The molecule has 1 saturated heterocycles. The molecule has 0 aromatic carbocycles. The van der Waals surface area contributed by atoms with Crippen molar-refractivity contribution >= 4 is 8.32 Å². The van der Waals surface area contributed by atoms with Gasteiger partial charge in [-0.2, -0.15) is 0 Å². The third-order valence-corrected chi connectivity index (χ3v) is 9.95. The molecule has 2 rings (SSSR count). The number of terminal acetylenes is 1. The number of aliphatic hydroxyl groups is 1. The highest BCUT2D eigenvalue weighted by Gasteiger charge is 2.52. The van der Waals surface area contributed by atoms with Crippen molar-refractivity contribution in [3.8, 4) is 12.3 Å². The van der Waals surface area contributed by atoms with Crippen molar-refractivity contribution in [2.24, 2.45) is 0 Å². The Morgan fingerprint density at radius 2 is 2.12 bits per heavy atom. The molecule has 1 aliphatic heterocycles. The summed E-state index contributed by atoms with van der Waals surface area (Å²) in [5.41, 5.74) is -1.97. The molecule has 144 valence electrons. The van der Waals surface area contributed by atoms with Gasteiger partial charge in [-0.15, -0.1) is 6.42 Å². The Labute approximate surface area is 154 Å². The monoisotopic (exact) mass is 380 g/mol. The van der Waals surface area contributed by atoms with Crippen molar-refractivity contribution in [2.45, 2.75) is 70.2 Å². The number of nitrogens with zero attached hydrogens (tertiary/aromatic N) is 1. The van der Waals surface area contributed by atoms with Gasteiger partial charge in [0.25, 0.3) is 5.56 Å². The normalized spacial score (nSPS) is 26.7. The summed E-state index contributed by atoms with van der Waals surface area (Å²) >= 11 is 0. The lowest BCUT2D eigenvalue weighted by molar-refractivity contribution is -0.0888. The van der Waals surface area contributed by atoms with Gasteiger partial charge in [0.1, 0.15) is 6.23 Å². The molecule has 0 aliphatic carbocycles. The molecule has 7 nitrogen and oxygen atoms in total. The molecule has 0 amide bonds. The van der Waals surface area contributed by atoms with Gasteiger partial charge in [0, 0.05) is 18.2 Å². The quantitative estimate of drug-likeness (QED) is 0.610. The molecule has 1 aromatic rings. The maximum absolute atomic E-state index is 12.2. The summed E-state index contributed by atoms with van der Waals surface area (Å²) in [6.07, 6.45) is 6.16. The van der Waals surface area contributed by atoms with Crippen LogP contribution in [0.25, 0.3) is 0 Å². The molecule has 2 heterocycles. The number of nitrogens with one attached hydrogen (secondary N) is 1. The Balaban J connectivity index is 2.42. The van der Waals surface area contributed by atoms with E-state index >= 15 is 0 Å². The van der Waals surface area contributed by atoms with Crippen LogP contribution < -0.4 is 11.2 Å². The summed E-state index contributed by atoms with van der Waals surface area (Å²) in [4.78, 5) is 26.1. The molecule has 26 heavy (non-hydrogen) atoms. The van der Waals surface area contributed by atoms with Crippen molar-refractivity contribution in [1.29, 1.82) is 0 Å². The van der Waals surface area contributed by atoms with Gasteiger partial charge in [0.15, 0.2) is 13.9 Å². The van der Waals surface area contributed by atoms with Gasteiger partial charge in [-0.1, -0.05) is 26.7 Å². The van der Waals surface area contributed by atoms with E-state index < -0.39 is 44.1 Å². The first-order valence-electron chi connectivity index (χ1n) is 8.63. The molecule has 0 bridgehead atoms. The van der Waals surface area contributed by atoms with Crippen molar-refractivity contribution in [2.75, 3.05) is 6.61 Å². The standard InChI is InChI=1S/C18H28N2O5Si/c1-8-18(11-21)13(25-26(6,7)17(3,4)5)9-14(24-18)20-10-12(2)15(22)19-16(20)23/h1,10,13-14,21H,9,11H2,2-7H3,(H,19,22,23)/t13-,14?,18-/m1/s1. The van der Waals surface area contributed by atoms with E-state index in [2.05, 4.69) is 44.8 Å². The minimum atomic E-state index is -2.19. The third-order valence-electron chi connectivity index (χ3n) is 5.46. The fourth-order valence-electron chi connectivity index (χ4n) is 2.70. The SMILES string of the molecule is C#C[C@]1(CO)OC(n2cc(C)c(=O)[nH]c2=O)C[C@H]1O[Si](C)(C)C(C)(C)C. The van der Waals surface area contributed by atoms with Crippen molar-refractivity contribution < 1.29 is 14.3 Å². The topological polar surface area (TPSA) is 93.5 Å². The minimum absolute atomic E-state index is 0.0493. The number of ether oxygens (including phenoxy) is 1. The molecule has 1 fully saturated rings. The zero-order valence-electron chi connectivity index (χ0n) is 16.3. The molecule has 0 radical (unpaired) electrons. The van der Waals surface area contributed by atoms with Crippen LogP contribution in [-0.2, 0) is 9.16 Å². The number of hydrogen-bond donors (Lipinski definition) is 2. The molecule has 0 spiro atoms. The summed E-state index contributed by atoms with van der Waals surface area (Å²) < 4.78 is 13.7. The van der Waals surface area contributed by atoms with Crippen LogP contribution in [0, 0.1) is 19.3 Å². The van der Waals surface area contributed by atoms with E-state index in [1.807, 2.05) is 0 Å². The van der Waals surface area contributed by atoms with E-state index in [4.69, 9.17) is 15.6 Å². The van der Waals surface area contributed by atoms with Crippen LogP contribution in [0.4, 0.5) is 0 Å². The van der Waals surface area contributed by atoms with Gasteiger partial charge in [0.2, 0.25) is 0 Å². The highest BCUT2D eigenvalue weighted by molar-refractivity contribution is 6.74. The second-order valence-electron chi connectivity index (χ2n) is 8.35. The molecular weight excluding hydrogens is 352 g/mol. The van der Waals surface area contributed by atoms with E-state index in [1.165, 1.54) is 10.8 Å². The fourth-order valence-corrected chi connectivity index (χ4v) is 4.05. The molecule has 8 heteroatoms. The van der Waals surface area contributed by atoms with E-state index in [9.17, 15) is 14.7 Å². The smallest absolute Gasteiger partial charge is 0.330 e. The predicted octanol–water partition coefficient (Wildman–Crippen LogP) is 1.52. The van der Waals surface area contributed by atoms with E-state index in [1.54, 1.807) is 6.92 Å². The Morgan fingerprint density at radius 3 is 2.62 bits per heavy atom. The summed E-state index contributed by atoms with van der Waals surface area (Å²) in [5.74, 6) is 2.53. The number of aromatic amines is 1. The van der Waals surface area contributed by atoms with Crippen molar-refractivity contribution in [3.63, 3.8) is 0 Å². The summed E-state index contributed by atoms with van der Waals surface area (Å²) in [6, 6.07) is 0. The molecule has 1 aliphatic rings. The summed E-state index contributed by atoms with van der Waals surface area (Å²) in [7, 11) is -2.19. The van der Waals surface area contributed by atoms with E-state index in [0.29, 0.717) is 12.0 Å². The number of aryl methyl sites for hydroxylation is 1. The molecule has 0 saturated carbocycles. The second-order valence-corrected chi connectivity index (χ2v) is 13.1. The molecular formula is C18H28N2O5Si. The van der Waals surface area contributed by atoms with E-state index in [-0.39, 0.29) is 5.04 Å². The third kappa shape index (κ3) is 3.57. The second kappa shape index (κ2) is 6.81. The Morgan fingerprint density at radius 1 is 1.50 bits per heavy atom. The van der Waals surface area contributed by atoms with Crippen LogP contribution in [0.2, 0.25) is 18.1 Å². The zero-order valence-corrected chi connectivity index (χ0v) is 17.3. The number of aromatic nitrogens is 2. The molecule has 3 atom stereocenters. The lowest BCUT2D eigenvalue weighted by atomic mass is 9.99. The Hall–Kier alpha value is -1.66. The number of aliphatic hydroxyl groups excluding tert-OH is 1. The average Bonchev–Trinajstić information content (AvgIpc) is 2.88. The lowest BCUT2D eigenvalue weighted by Crippen LogP contribution is -2.51. The molecule has 1 aromatic heterocycles. The number of rotatable bonds is 4. The van der Waals surface area contributed by atoms with Crippen molar-refractivity contribution in [1.82, 2.24) is 9.55 Å². The van der Waals surface area contributed by atoms with Crippen LogP contribution in [0.1, 0.15) is 39.0 Å². The first-order valence-corrected chi connectivity index (χ1v) is 11.5. The van der Waals surface area contributed by atoms with Gasteiger partial charge in [0.05, 0.1) is 12.7 Å². The fraction of sp³-hybridized carbons (Fsp3) is 0.667. The number of H-pyrrole nitrogens is 1. The summed E-state index contributed by atoms with van der Waals surface area (Å²) in [6.45, 7) is 11.7.